The zero-order valence-corrected chi connectivity index (χ0v) is 17.3. The molecule has 1 N–H and O–H groups in total. The van der Waals surface area contributed by atoms with Gasteiger partial charge in [0.05, 0.1) is 17.6 Å². The normalized spacial score (nSPS) is 13.8. The van der Waals surface area contributed by atoms with Gasteiger partial charge in [-0.3, -0.25) is 5.32 Å². The Bertz CT molecular complexity index is 1270. The number of nitrogens with zero attached hydrogens (tertiary/aromatic N) is 6. The third kappa shape index (κ3) is 3.52. The molecule has 1 saturated heterocycles. The van der Waals surface area contributed by atoms with E-state index in [0.29, 0.717) is 17.2 Å². The van der Waals surface area contributed by atoms with Gasteiger partial charge in [-0.15, -0.1) is 0 Å². The zero-order chi connectivity index (χ0) is 21.5. The highest BCUT2D eigenvalue weighted by atomic mass is 19.1. The van der Waals surface area contributed by atoms with E-state index < -0.39 is 0 Å². The molecule has 2 amide bonds. The Hall–Kier alpha value is -3.75. The molecule has 0 atom stereocenters. The average Bonchev–Trinajstić information content (AvgIpc) is 3.48. The summed E-state index contributed by atoms with van der Waals surface area (Å²) in [5.74, 6) is 0.987. The molecule has 158 valence electrons. The molecule has 1 fully saturated rings. The first-order valence-corrected chi connectivity index (χ1v) is 10.2. The van der Waals surface area contributed by atoms with Crippen LogP contribution in [0, 0.1) is 12.7 Å². The number of benzene rings is 1. The van der Waals surface area contributed by atoms with Crippen LogP contribution in [0.25, 0.3) is 28.3 Å². The summed E-state index contributed by atoms with van der Waals surface area (Å²) in [5.41, 5.74) is 3.69. The Morgan fingerprint density at radius 3 is 2.55 bits per heavy atom. The number of halogens is 1. The number of aryl methyl sites for hydroxylation is 1. The summed E-state index contributed by atoms with van der Waals surface area (Å²) in [5, 5.41) is 7.56. The smallest absolute Gasteiger partial charge is 0.323 e. The number of amides is 2. The van der Waals surface area contributed by atoms with Gasteiger partial charge >= 0.3 is 6.03 Å². The molecule has 0 unspecified atom stereocenters. The Balaban J connectivity index is 1.51. The molecule has 0 bridgehead atoms. The fourth-order valence-electron chi connectivity index (χ4n) is 3.89. The van der Waals surface area contributed by atoms with Crippen molar-refractivity contribution in [2.45, 2.75) is 19.8 Å². The second-order valence-corrected chi connectivity index (χ2v) is 7.69. The van der Waals surface area contributed by atoms with E-state index >= 15 is 0 Å². The van der Waals surface area contributed by atoms with E-state index in [4.69, 9.17) is 5.10 Å². The second kappa shape index (κ2) is 7.50. The predicted octanol–water partition coefficient (Wildman–Crippen LogP) is 3.87. The number of carbonyl (C=O) groups is 1. The van der Waals surface area contributed by atoms with Crippen LogP contribution in [0.5, 0.6) is 0 Å². The van der Waals surface area contributed by atoms with Gasteiger partial charge in [-0.2, -0.15) is 5.10 Å². The van der Waals surface area contributed by atoms with Crippen molar-refractivity contribution in [3.05, 3.63) is 54.2 Å². The van der Waals surface area contributed by atoms with Crippen molar-refractivity contribution in [2.75, 3.05) is 18.4 Å². The predicted molar refractivity (Wildman–Crippen MR) is 115 cm³/mol. The quantitative estimate of drug-likeness (QED) is 0.547. The topological polar surface area (TPSA) is 80.3 Å². The molecule has 4 aromatic rings. The lowest BCUT2D eigenvalue weighted by Crippen LogP contribution is -2.32. The number of aromatic nitrogens is 5. The van der Waals surface area contributed by atoms with Crippen LogP contribution in [0.3, 0.4) is 0 Å². The van der Waals surface area contributed by atoms with Crippen molar-refractivity contribution >= 4 is 17.5 Å². The summed E-state index contributed by atoms with van der Waals surface area (Å²) in [6.45, 7) is 3.46. The monoisotopic (exact) mass is 419 g/mol. The number of urea groups is 1. The molecule has 3 aromatic heterocycles. The minimum absolute atomic E-state index is 0.137. The Morgan fingerprint density at radius 2 is 1.81 bits per heavy atom. The number of imidazole rings is 2. The van der Waals surface area contributed by atoms with Crippen molar-refractivity contribution in [1.82, 2.24) is 29.0 Å². The van der Waals surface area contributed by atoms with E-state index in [9.17, 15) is 9.18 Å². The van der Waals surface area contributed by atoms with Gasteiger partial charge in [0.2, 0.25) is 0 Å². The summed E-state index contributed by atoms with van der Waals surface area (Å²) in [6.07, 6.45) is 3.77. The summed E-state index contributed by atoms with van der Waals surface area (Å²) < 4.78 is 17.0. The van der Waals surface area contributed by atoms with Gasteiger partial charge in [0, 0.05) is 25.7 Å². The minimum atomic E-state index is -0.292. The van der Waals surface area contributed by atoms with Crippen LogP contribution in [0.1, 0.15) is 18.7 Å². The third-order valence-corrected chi connectivity index (χ3v) is 5.63. The first-order valence-electron chi connectivity index (χ1n) is 10.2. The maximum absolute atomic E-state index is 13.4. The number of hydrogen-bond acceptors (Lipinski definition) is 4. The molecule has 0 spiro atoms. The molecule has 8 nitrogen and oxygen atoms in total. The number of fused-ring (bicyclic) bond motifs is 1. The van der Waals surface area contributed by atoms with Gasteiger partial charge in [-0.05, 0) is 56.2 Å². The molecule has 4 heterocycles. The van der Waals surface area contributed by atoms with E-state index in [-0.39, 0.29) is 11.8 Å². The van der Waals surface area contributed by atoms with Gasteiger partial charge in [0.25, 0.3) is 0 Å². The van der Waals surface area contributed by atoms with Gasteiger partial charge in [-0.1, -0.05) is 0 Å². The molecule has 5 rings (SSSR count). The minimum Gasteiger partial charge on any atom is -0.330 e. The zero-order valence-electron chi connectivity index (χ0n) is 17.3. The molecule has 31 heavy (non-hydrogen) atoms. The van der Waals surface area contributed by atoms with Crippen molar-refractivity contribution < 1.29 is 9.18 Å². The molecule has 1 aromatic carbocycles. The van der Waals surface area contributed by atoms with Crippen LogP contribution in [0.4, 0.5) is 15.0 Å². The molecule has 0 radical (unpaired) electrons. The van der Waals surface area contributed by atoms with Gasteiger partial charge < -0.3 is 9.47 Å². The third-order valence-electron chi connectivity index (χ3n) is 5.63. The Morgan fingerprint density at radius 1 is 1.06 bits per heavy atom. The van der Waals surface area contributed by atoms with E-state index in [1.807, 2.05) is 30.7 Å². The van der Waals surface area contributed by atoms with Crippen LogP contribution in [0.2, 0.25) is 0 Å². The molecular weight excluding hydrogens is 397 g/mol. The number of nitrogens with one attached hydrogen (secondary N) is 1. The molecule has 0 saturated carbocycles. The van der Waals surface area contributed by atoms with Crippen LogP contribution < -0.4 is 5.32 Å². The molecule has 1 aliphatic rings. The summed E-state index contributed by atoms with van der Waals surface area (Å²) in [7, 11) is 1.92. The molecular formula is C22H22FN7O. The van der Waals surface area contributed by atoms with Gasteiger partial charge in [-0.25, -0.2) is 23.7 Å². The maximum Gasteiger partial charge on any atom is 0.323 e. The van der Waals surface area contributed by atoms with Crippen molar-refractivity contribution in [3.8, 4) is 22.6 Å². The standard InChI is InChI=1S/C22H22FN7O/c1-14-24-20(15-5-7-16(23)8-6-15)21(28(14)2)17-9-10-19-25-18(13-30(19)27-17)26-22(31)29-11-3-4-12-29/h5-10,13H,3-4,11-12H2,1-2H3,(H,26,31). The highest BCUT2D eigenvalue weighted by Crippen LogP contribution is 2.31. The maximum atomic E-state index is 13.4. The van der Waals surface area contributed by atoms with E-state index in [0.717, 1.165) is 48.7 Å². The average molecular weight is 419 g/mol. The molecule has 9 heteroatoms. The number of rotatable bonds is 3. The van der Waals surface area contributed by atoms with Crippen LogP contribution in [0.15, 0.2) is 42.6 Å². The highest BCUT2D eigenvalue weighted by Gasteiger charge is 2.20. The fourth-order valence-corrected chi connectivity index (χ4v) is 3.89. The first-order chi connectivity index (χ1) is 15.0. The number of carbonyl (C=O) groups excluding carboxylic acids is 1. The van der Waals surface area contributed by atoms with Crippen molar-refractivity contribution in [1.29, 1.82) is 0 Å². The van der Waals surface area contributed by atoms with E-state index in [2.05, 4.69) is 15.3 Å². The van der Waals surface area contributed by atoms with Crippen molar-refractivity contribution in [2.24, 2.45) is 7.05 Å². The highest BCUT2D eigenvalue weighted by molar-refractivity contribution is 5.88. The second-order valence-electron chi connectivity index (χ2n) is 7.69. The van der Waals surface area contributed by atoms with Crippen LogP contribution >= 0.6 is 0 Å². The van der Waals surface area contributed by atoms with E-state index in [1.165, 1.54) is 12.1 Å². The van der Waals surface area contributed by atoms with Crippen LogP contribution in [-0.2, 0) is 7.05 Å². The summed E-state index contributed by atoms with van der Waals surface area (Å²) >= 11 is 0. The number of anilines is 1. The number of likely N-dealkylation sites (tertiary alicyclic amines) is 1. The lowest BCUT2D eigenvalue weighted by atomic mass is 10.1. The van der Waals surface area contributed by atoms with Gasteiger partial charge in [0.1, 0.15) is 17.3 Å². The molecule has 0 aliphatic carbocycles. The van der Waals surface area contributed by atoms with Crippen LogP contribution in [-0.4, -0.2) is 48.2 Å². The summed E-state index contributed by atoms with van der Waals surface area (Å²) in [4.78, 5) is 23.3. The summed E-state index contributed by atoms with van der Waals surface area (Å²) in [6, 6.07) is 9.85. The van der Waals surface area contributed by atoms with E-state index in [1.54, 1.807) is 27.7 Å². The Labute approximate surface area is 178 Å². The Kier molecular flexibility index (Phi) is 4.65. The number of hydrogen-bond donors (Lipinski definition) is 1. The lowest BCUT2D eigenvalue weighted by Gasteiger charge is -2.14. The largest absolute Gasteiger partial charge is 0.330 e. The SMILES string of the molecule is Cc1nc(-c2ccc(F)cc2)c(-c2ccc3nc(NC(=O)N4CCCC4)cn3n2)n1C. The lowest BCUT2D eigenvalue weighted by molar-refractivity contribution is 0.222. The molecule has 1 aliphatic heterocycles. The first kappa shape index (κ1) is 19.2. The van der Waals surface area contributed by atoms with Gasteiger partial charge in [0.15, 0.2) is 11.5 Å². The fraction of sp³-hybridized carbons (Fsp3) is 0.273. The van der Waals surface area contributed by atoms with Crippen molar-refractivity contribution in [3.63, 3.8) is 0 Å².